The van der Waals surface area contributed by atoms with Gasteiger partial charge in [-0.3, -0.25) is 14.6 Å². The number of amides is 2. The molecule has 2 aromatic rings. The highest BCUT2D eigenvalue weighted by Gasteiger charge is 2.71. The summed E-state index contributed by atoms with van der Waals surface area (Å²) >= 11 is 1.15. The predicted octanol–water partition coefficient (Wildman–Crippen LogP) is 4.21. The second-order valence-electron chi connectivity index (χ2n) is 9.90. The van der Waals surface area contributed by atoms with Gasteiger partial charge in [-0.05, 0) is 44.4 Å². The topological polar surface area (TPSA) is 110 Å². The first-order valence-electron chi connectivity index (χ1n) is 12.1. The van der Waals surface area contributed by atoms with Crippen LogP contribution in [0.4, 0.5) is 27.6 Å². The minimum atomic E-state index is -4.54. The number of hydrogen-bond donors (Lipinski definition) is 2. The normalized spacial score (nSPS) is 26.1. The smallest absolute Gasteiger partial charge is 0.422 e. The third kappa shape index (κ3) is 5.13. The lowest BCUT2D eigenvalue weighted by atomic mass is 9.85. The number of carbonyl (C=O) groups excluding carboxylic acids is 2. The van der Waals surface area contributed by atoms with Crippen molar-refractivity contribution in [2.75, 3.05) is 25.0 Å². The summed E-state index contributed by atoms with van der Waals surface area (Å²) in [4.78, 5) is 36.1. The molecule has 1 saturated heterocycles. The summed E-state index contributed by atoms with van der Waals surface area (Å²) in [5, 5.41) is 2.51. The number of rotatable bonds is 6. The Labute approximate surface area is 224 Å². The first-order valence-corrected chi connectivity index (χ1v) is 12.9. The molecule has 3 N–H and O–H groups in total. The van der Waals surface area contributed by atoms with Gasteiger partial charge in [0.15, 0.2) is 23.4 Å². The molecule has 39 heavy (non-hydrogen) atoms. The van der Waals surface area contributed by atoms with E-state index in [1.807, 2.05) is 0 Å². The molecule has 3 heterocycles. The Kier molecular flexibility index (Phi) is 6.72. The number of nitrogens with one attached hydrogen (secondary N) is 1. The van der Waals surface area contributed by atoms with Gasteiger partial charge in [-0.15, -0.1) is 0 Å². The number of fused-ring (bicyclic) bond motifs is 1. The Bertz CT molecular complexity index is 1350. The average molecular weight is 570 g/mol. The monoisotopic (exact) mass is 569 g/mol. The largest absolute Gasteiger partial charge is 0.483 e. The SMILES string of the molecule is C[C@@]1(c2cc(NC(=O)c3ccc(OCC(F)(F)F)cn3)cc(F)c2F)N=C(N)S[C@@]2(C(=O)N3CCCC3)C[C@@H]12. The van der Waals surface area contributed by atoms with Crippen molar-refractivity contribution < 1.29 is 36.3 Å². The molecule has 208 valence electrons. The number of amidine groups is 1. The number of nitrogens with two attached hydrogens (primary N) is 1. The number of alkyl halides is 3. The van der Waals surface area contributed by atoms with E-state index in [2.05, 4.69) is 20.0 Å². The van der Waals surface area contributed by atoms with E-state index >= 15 is 4.39 Å². The Morgan fingerprint density at radius 2 is 1.95 bits per heavy atom. The van der Waals surface area contributed by atoms with Gasteiger partial charge in [0.2, 0.25) is 5.91 Å². The zero-order chi connectivity index (χ0) is 28.2. The fourth-order valence-electron chi connectivity index (χ4n) is 5.23. The van der Waals surface area contributed by atoms with Crippen LogP contribution < -0.4 is 15.8 Å². The van der Waals surface area contributed by atoms with E-state index in [0.29, 0.717) is 19.5 Å². The molecule has 14 heteroatoms. The fraction of sp³-hybridized carbons (Fsp3) is 0.440. The van der Waals surface area contributed by atoms with Gasteiger partial charge in [0.05, 0.1) is 11.7 Å². The highest BCUT2D eigenvalue weighted by molar-refractivity contribution is 8.15. The Morgan fingerprint density at radius 1 is 1.23 bits per heavy atom. The second kappa shape index (κ2) is 9.65. The van der Waals surface area contributed by atoms with Crippen molar-refractivity contribution in [3.8, 4) is 5.75 Å². The van der Waals surface area contributed by atoms with Gasteiger partial charge >= 0.3 is 6.18 Å². The molecule has 3 aliphatic rings. The molecule has 0 spiro atoms. The van der Waals surface area contributed by atoms with Gasteiger partial charge in [-0.1, -0.05) is 11.8 Å². The fourth-order valence-corrected chi connectivity index (χ4v) is 6.68. The quantitative estimate of drug-likeness (QED) is 0.505. The number of aromatic nitrogens is 1. The summed E-state index contributed by atoms with van der Waals surface area (Å²) in [7, 11) is 0. The number of anilines is 1. The van der Waals surface area contributed by atoms with Crippen molar-refractivity contribution in [1.82, 2.24) is 9.88 Å². The summed E-state index contributed by atoms with van der Waals surface area (Å²) < 4.78 is 70.6. The maximum atomic E-state index is 15.2. The Hall–Kier alpha value is -3.42. The Morgan fingerprint density at radius 3 is 2.59 bits per heavy atom. The molecule has 1 aromatic carbocycles. The van der Waals surface area contributed by atoms with Crippen LogP contribution in [0.15, 0.2) is 35.5 Å². The van der Waals surface area contributed by atoms with Crippen LogP contribution in [0.5, 0.6) is 5.75 Å². The molecule has 1 saturated carbocycles. The number of likely N-dealkylation sites (tertiary alicyclic amines) is 1. The van der Waals surface area contributed by atoms with Gasteiger partial charge in [0, 0.05) is 36.3 Å². The van der Waals surface area contributed by atoms with Crippen LogP contribution in [0.1, 0.15) is 42.2 Å². The zero-order valence-corrected chi connectivity index (χ0v) is 21.5. The molecule has 1 aliphatic carbocycles. The highest BCUT2D eigenvalue weighted by Crippen LogP contribution is 2.66. The van der Waals surface area contributed by atoms with Gasteiger partial charge in [0.25, 0.3) is 5.91 Å². The van der Waals surface area contributed by atoms with E-state index in [9.17, 15) is 27.2 Å². The molecular formula is C25H24F5N5O3S. The van der Waals surface area contributed by atoms with Gasteiger partial charge in [0.1, 0.15) is 16.2 Å². The number of halogens is 5. The minimum absolute atomic E-state index is 0.0850. The lowest BCUT2D eigenvalue weighted by Gasteiger charge is -2.35. The third-order valence-electron chi connectivity index (χ3n) is 7.18. The van der Waals surface area contributed by atoms with Gasteiger partial charge in [-0.2, -0.15) is 13.2 Å². The molecule has 2 aliphatic heterocycles. The van der Waals surface area contributed by atoms with Crippen LogP contribution in [0.2, 0.25) is 0 Å². The maximum absolute atomic E-state index is 15.2. The summed E-state index contributed by atoms with van der Waals surface area (Å²) in [6, 6.07) is 4.30. The molecule has 8 nitrogen and oxygen atoms in total. The number of benzene rings is 1. The van der Waals surface area contributed by atoms with E-state index < -0.39 is 46.5 Å². The van der Waals surface area contributed by atoms with Crippen molar-refractivity contribution in [1.29, 1.82) is 0 Å². The van der Waals surface area contributed by atoms with Crippen LogP contribution >= 0.6 is 11.8 Å². The summed E-state index contributed by atoms with van der Waals surface area (Å²) in [6.07, 6.45) is -1.41. The van der Waals surface area contributed by atoms with Crippen molar-refractivity contribution in [3.63, 3.8) is 0 Å². The molecule has 0 radical (unpaired) electrons. The van der Waals surface area contributed by atoms with E-state index in [-0.39, 0.29) is 33.8 Å². The van der Waals surface area contributed by atoms with Crippen molar-refractivity contribution >= 4 is 34.4 Å². The number of nitrogens with zero attached hydrogens (tertiary/aromatic N) is 3. The van der Waals surface area contributed by atoms with E-state index in [4.69, 9.17) is 5.73 Å². The highest BCUT2D eigenvalue weighted by atomic mass is 32.2. The third-order valence-corrected chi connectivity index (χ3v) is 8.47. The van der Waals surface area contributed by atoms with Crippen LogP contribution in [0, 0.1) is 17.6 Å². The van der Waals surface area contributed by atoms with Gasteiger partial charge < -0.3 is 20.7 Å². The van der Waals surface area contributed by atoms with Crippen LogP contribution in [-0.4, -0.2) is 57.5 Å². The molecule has 0 unspecified atom stereocenters. The lowest BCUT2D eigenvalue weighted by molar-refractivity contribution is -0.153. The Balaban J connectivity index is 1.38. The first kappa shape index (κ1) is 27.2. The lowest BCUT2D eigenvalue weighted by Crippen LogP contribution is -2.45. The van der Waals surface area contributed by atoms with Crippen LogP contribution in [0.25, 0.3) is 0 Å². The molecule has 2 fully saturated rings. The number of pyridine rings is 1. The summed E-state index contributed by atoms with van der Waals surface area (Å²) in [6.45, 7) is 1.34. The first-order chi connectivity index (χ1) is 18.3. The number of ether oxygens (including phenoxy) is 1. The molecule has 2 amide bonds. The van der Waals surface area contributed by atoms with Crippen molar-refractivity contribution in [2.24, 2.45) is 16.6 Å². The standard InChI is InChI=1S/C25H24F5N5O3S/c1-23(18-10-24(18,39-22(31)34-23)21(37)35-6-2-3-7-35)15-8-13(9-16(26)19(15)27)33-20(36)17-5-4-14(11-32-17)38-12-25(28,29)30/h4-5,8-9,11,18H,2-3,6-7,10,12H2,1H3,(H2,31,34)(H,33,36)/t18-,23-,24-/m0/s1. The number of aliphatic imine (C=N–C) groups is 1. The molecule has 5 rings (SSSR count). The molecular weight excluding hydrogens is 545 g/mol. The average Bonchev–Trinajstić information content (AvgIpc) is 3.37. The number of thioether (sulfide) groups is 1. The zero-order valence-electron chi connectivity index (χ0n) is 20.6. The number of carbonyl (C=O) groups is 2. The van der Waals surface area contributed by atoms with Crippen molar-refractivity contribution in [3.05, 3.63) is 53.4 Å². The second-order valence-corrected chi connectivity index (χ2v) is 11.3. The van der Waals surface area contributed by atoms with Crippen LogP contribution in [0.3, 0.4) is 0 Å². The van der Waals surface area contributed by atoms with Crippen molar-refractivity contribution in [2.45, 2.75) is 42.6 Å². The maximum Gasteiger partial charge on any atom is 0.422 e. The van der Waals surface area contributed by atoms with Gasteiger partial charge in [-0.25, -0.2) is 13.8 Å². The molecule has 1 aromatic heterocycles. The van der Waals surface area contributed by atoms with Crippen LogP contribution in [-0.2, 0) is 10.3 Å². The summed E-state index contributed by atoms with van der Waals surface area (Å²) in [5.74, 6) is -3.95. The predicted molar refractivity (Wildman–Crippen MR) is 133 cm³/mol. The number of hydrogen-bond acceptors (Lipinski definition) is 7. The van der Waals surface area contributed by atoms with E-state index in [1.54, 1.807) is 11.8 Å². The minimum Gasteiger partial charge on any atom is -0.483 e. The van der Waals surface area contributed by atoms with E-state index in [0.717, 1.165) is 49.0 Å². The summed E-state index contributed by atoms with van der Waals surface area (Å²) in [5.41, 5.74) is 4.28. The molecule has 3 atom stereocenters. The van der Waals surface area contributed by atoms with E-state index in [1.165, 1.54) is 6.07 Å². The molecule has 0 bridgehead atoms.